The van der Waals surface area contributed by atoms with Gasteiger partial charge in [0.05, 0.1) is 17.7 Å². The minimum atomic E-state index is -0.241. The van der Waals surface area contributed by atoms with E-state index in [2.05, 4.69) is 0 Å². The maximum atomic E-state index is 12.4. The van der Waals surface area contributed by atoms with E-state index < -0.39 is 0 Å². The van der Waals surface area contributed by atoms with E-state index in [1.165, 1.54) is 13.2 Å². The van der Waals surface area contributed by atoms with Crippen LogP contribution in [0.25, 0.3) is 0 Å². The van der Waals surface area contributed by atoms with Gasteiger partial charge in [-0.3, -0.25) is 4.79 Å². The molecule has 19 heavy (non-hydrogen) atoms. The van der Waals surface area contributed by atoms with Gasteiger partial charge >= 0.3 is 0 Å². The second-order valence-corrected chi connectivity index (χ2v) is 5.08. The lowest BCUT2D eigenvalue weighted by Crippen LogP contribution is -2.05. The first-order valence-corrected chi connectivity index (χ1v) is 6.49. The highest BCUT2D eigenvalue weighted by atomic mass is 35.5. The van der Waals surface area contributed by atoms with Gasteiger partial charge < -0.3 is 4.74 Å². The molecule has 0 N–H and O–H groups in total. The van der Waals surface area contributed by atoms with Crippen LogP contribution in [-0.4, -0.2) is 12.9 Å². The summed E-state index contributed by atoms with van der Waals surface area (Å²) in [5.41, 5.74) is 0.766. The van der Waals surface area contributed by atoms with Gasteiger partial charge in [0, 0.05) is 15.6 Å². The van der Waals surface area contributed by atoms with Crippen LogP contribution in [0, 0.1) is 0 Å². The van der Waals surface area contributed by atoms with Crippen LogP contribution >= 0.6 is 34.8 Å². The molecule has 0 unspecified atom stereocenters. The molecule has 2 nitrogen and oxygen atoms in total. The summed E-state index contributed by atoms with van der Waals surface area (Å²) < 4.78 is 5.16. The highest BCUT2D eigenvalue weighted by Gasteiger charge is 2.19. The van der Waals surface area contributed by atoms with Crippen LogP contribution < -0.4 is 4.74 Å². The van der Waals surface area contributed by atoms with E-state index in [9.17, 15) is 4.79 Å². The average molecular weight is 316 g/mol. The Morgan fingerprint density at radius 2 is 1.63 bits per heavy atom. The van der Waals surface area contributed by atoms with Gasteiger partial charge in [-0.25, -0.2) is 0 Å². The van der Waals surface area contributed by atoms with Gasteiger partial charge in [0.2, 0.25) is 0 Å². The molecule has 0 aliphatic rings. The SMILES string of the molecule is COc1cc(Cl)cc(Cl)c1C(=O)c1ccc(Cl)cc1. The molecule has 0 atom stereocenters. The number of rotatable bonds is 3. The van der Waals surface area contributed by atoms with E-state index in [0.717, 1.165) is 0 Å². The van der Waals surface area contributed by atoms with Crippen molar-refractivity contribution < 1.29 is 9.53 Å². The van der Waals surface area contributed by atoms with Crippen molar-refractivity contribution in [3.63, 3.8) is 0 Å². The number of ether oxygens (including phenoxy) is 1. The molecule has 0 heterocycles. The van der Waals surface area contributed by atoms with Crippen LogP contribution in [0.1, 0.15) is 15.9 Å². The lowest BCUT2D eigenvalue weighted by atomic mass is 10.0. The molecule has 98 valence electrons. The summed E-state index contributed by atoms with van der Waals surface area (Å²) in [7, 11) is 1.46. The Morgan fingerprint density at radius 3 is 2.21 bits per heavy atom. The van der Waals surface area contributed by atoms with E-state index >= 15 is 0 Å². The summed E-state index contributed by atoms with van der Waals surface area (Å²) in [5.74, 6) is 0.104. The molecule has 0 bridgehead atoms. The molecule has 0 aliphatic carbocycles. The summed E-state index contributed by atoms with van der Waals surface area (Å²) in [4.78, 5) is 12.4. The largest absolute Gasteiger partial charge is 0.496 e. The molecule has 2 aromatic carbocycles. The Kier molecular flexibility index (Phi) is 4.35. The highest BCUT2D eigenvalue weighted by Crippen LogP contribution is 2.32. The Balaban J connectivity index is 2.52. The number of ketones is 1. The predicted octanol–water partition coefficient (Wildman–Crippen LogP) is 4.89. The molecule has 0 spiro atoms. The first kappa shape index (κ1) is 14.2. The molecule has 0 aromatic heterocycles. The molecule has 0 amide bonds. The second-order valence-electron chi connectivity index (χ2n) is 3.80. The van der Waals surface area contributed by atoms with Crippen molar-refractivity contribution in [2.24, 2.45) is 0 Å². The standard InChI is InChI=1S/C14H9Cl3O2/c1-19-12-7-10(16)6-11(17)13(12)14(18)8-2-4-9(15)5-3-8/h2-7H,1H3. The van der Waals surface area contributed by atoms with Crippen molar-refractivity contribution in [3.8, 4) is 5.75 Å². The number of carbonyl (C=O) groups is 1. The average Bonchev–Trinajstić information content (AvgIpc) is 2.38. The quantitative estimate of drug-likeness (QED) is 0.754. The zero-order valence-electron chi connectivity index (χ0n) is 9.91. The van der Waals surface area contributed by atoms with Crippen LogP contribution in [0.15, 0.2) is 36.4 Å². The number of methoxy groups -OCH3 is 1. The maximum absolute atomic E-state index is 12.4. The minimum absolute atomic E-state index is 0.241. The fourth-order valence-electron chi connectivity index (χ4n) is 1.68. The van der Waals surface area contributed by atoms with Crippen molar-refractivity contribution in [3.05, 3.63) is 62.6 Å². The smallest absolute Gasteiger partial charge is 0.198 e. The summed E-state index contributed by atoms with van der Waals surface area (Å²) in [5, 5.41) is 1.23. The van der Waals surface area contributed by atoms with Gasteiger partial charge in [-0.2, -0.15) is 0 Å². The van der Waals surface area contributed by atoms with Crippen LogP contribution in [0.3, 0.4) is 0 Å². The second kappa shape index (κ2) is 5.83. The summed E-state index contributed by atoms with van der Waals surface area (Å²) >= 11 is 17.8. The molecule has 5 heteroatoms. The van der Waals surface area contributed by atoms with Crippen molar-refractivity contribution in [1.29, 1.82) is 0 Å². The molecular formula is C14H9Cl3O2. The van der Waals surface area contributed by atoms with Gasteiger partial charge in [-0.1, -0.05) is 34.8 Å². The summed E-state index contributed by atoms with van der Waals surface area (Å²) in [6.45, 7) is 0. The predicted molar refractivity (Wildman–Crippen MR) is 77.9 cm³/mol. The molecule has 0 saturated carbocycles. The number of hydrogen-bond donors (Lipinski definition) is 0. The van der Waals surface area contributed by atoms with E-state index in [-0.39, 0.29) is 16.4 Å². The zero-order valence-corrected chi connectivity index (χ0v) is 12.2. The first-order valence-electron chi connectivity index (χ1n) is 5.36. The minimum Gasteiger partial charge on any atom is -0.496 e. The number of halogens is 3. The third-order valence-electron chi connectivity index (χ3n) is 2.57. The topological polar surface area (TPSA) is 26.3 Å². The lowest BCUT2D eigenvalue weighted by molar-refractivity contribution is 0.103. The van der Waals surface area contributed by atoms with Gasteiger partial charge in [0.1, 0.15) is 5.75 Å². The van der Waals surface area contributed by atoms with Gasteiger partial charge in [0.25, 0.3) is 0 Å². The third kappa shape index (κ3) is 3.03. The molecule has 2 rings (SSSR count). The van der Waals surface area contributed by atoms with Crippen molar-refractivity contribution in [1.82, 2.24) is 0 Å². The fourth-order valence-corrected chi connectivity index (χ4v) is 2.36. The van der Waals surface area contributed by atoms with Crippen LogP contribution in [0.2, 0.25) is 15.1 Å². The molecule has 0 aliphatic heterocycles. The number of hydrogen-bond acceptors (Lipinski definition) is 2. The molecule has 2 aromatic rings. The van der Waals surface area contributed by atoms with E-state index in [1.54, 1.807) is 30.3 Å². The number of carbonyl (C=O) groups excluding carboxylic acids is 1. The van der Waals surface area contributed by atoms with Gasteiger partial charge in [-0.05, 0) is 36.4 Å². The molecule has 0 fully saturated rings. The van der Waals surface area contributed by atoms with Gasteiger partial charge in [0.15, 0.2) is 5.78 Å². The molecule has 0 saturated heterocycles. The monoisotopic (exact) mass is 314 g/mol. The Hall–Kier alpha value is -1.22. The lowest BCUT2D eigenvalue weighted by Gasteiger charge is -2.10. The van der Waals surface area contributed by atoms with Gasteiger partial charge in [-0.15, -0.1) is 0 Å². The third-order valence-corrected chi connectivity index (χ3v) is 3.34. The van der Waals surface area contributed by atoms with E-state index in [0.29, 0.717) is 21.4 Å². The Bertz CT molecular complexity index is 621. The molecular weight excluding hydrogens is 307 g/mol. The molecule has 0 radical (unpaired) electrons. The van der Waals surface area contributed by atoms with Crippen molar-refractivity contribution >= 4 is 40.6 Å². The highest BCUT2D eigenvalue weighted by molar-refractivity contribution is 6.38. The Morgan fingerprint density at radius 1 is 1.00 bits per heavy atom. The summed E-state index contributed by atoms with van der Waals surface area (Å²) in [6, 6.07) is 9.62. The van der Waals surface area contributed by atoms with E-state index in [1.807, 2.05) is 0 Å². The number of benzene rings is 2. The van der Waals surface area contributed by atoms with Crippen molar-refractivity contribution in [2.45, 2.75) is 0 Å². The van der Waals surface area contributed by atoms with Crippen LogP contribution in [-0.2, 0) is 0 Å². The Labute approximate surface area is 125 Å². The first-order chi connectivity index (χ1) is 9.02. The van der Waals surface area contributed by atoms with E-state index in [4.69, 9.17) is 39.5 Å². The summed E-state index contributed by atoms with van der Waals surface area (Å²) in [6.07, 6.45) is 0. The van der Waals surface area contributed by atoms with Crippen molar-refractivity contribution in [2.75, 3.05) is 7.11 Å². The zero-order chi connectivity index (χ0) is 14.0. The normalized spacial score (nSPS) is 10.3. The van der Waals surface area contributed by atoms with Crippen LogP contribution in [0.4, 0.5) is 0 Å². The maximum Gasteiger partial charge on any atom is 0.198 e. The van der Waals surface area contributed by atoms with Crippen LogP contribution in [0.5, 0.6) is 5.75 Å². The fraction of sp³-hybridized carbons (Fsp3) is 0.0714.